The zero-order chi connectivity index (χ0) is 15.6. The van der Waals surface area contributed by atoms with Crippen LogP contribution in [0.1, 0.15) is 21.5 Å². The van der Waals surface area contributed by atoms with Crippen LogP contribution < -0.4 is 4.74 Å². The normalized spacial score (nSPS) is 10.0. The smallest absolute Gasteiger partial charge is 0.339 e. The predicted octanol–water partition coefficient (Wildman–Crippen LogP) is 3.64. The highest BCUT2D eigenvalue weighted by molar-refractivity contribution is 5.91. The maximum Gasteiger partial charge on any atom is 0.339 e. The van der Waals surface area contributed by atoms with Gasteiger partial charge >= 0.3 is 5.97 Å². The Hall–Kier alpha value is -2.94. The van der Waals surface area contributed by atoms with Gasteiger partial charge in [-0.3, -0.25) is 0 Å². The van der Waals surface area contributed by atoms with E-state index < -0.39 is 23.4 Å². The van der Waals surface area contributed by atoms with Gasteiger partial charge in [-0.15, -0.1) is 0 Å². The number of carboxylic acid groups (broad SMARTS) is 1. The summed E-state index contributed by atoms with van der Waals surface area (Å²) in [6.07, 6.45) is 0. The number of halogens is 2. The minimum Gasteiger partial charge on any atom is -0.478 e. The van der Waals surface area contributed by atoms with Gasteiger partial charge in [-0.1, -0.05) is 12.1 Å². The van der Waals surface area contributed by atoms with E-state index in [4.69, 9.17) is 15.1 Å². The number of benzene rings is 2. The molecule has 2 rings (SSSR count). The quantitative estimate of drug-likeness (QED) is 0.936. The van der Waals surface area contributed by atoms with E-state index in [0.717, 1.165) is 12.1 Å². The second-order valence-electron chi connectivity index (χ2n) is 4.24. The molecule has 6 heteroatoms. The van der Waals surface area contributed by atoms with Crippen molar-refractivity contribution in [1.82, 2.24) is 0 Å². The first-order valence-electron chi connectivity index (χ1n) is 5.84. The SMILES string of the molecule is Cc1cccc(C(=O)O)c1Oc1c(F)cc(C#N)cc1F. The molecule has 1 N–H and O–H groups in total. The number of carboxylic acids is 1. The summed E-state index contributed by atoms with van der Waals surface area (Å²) in [4.78, 5) is 11.1. The molecule has 0 spiro atoms. The van der Waals surface area contributed by atoms with Crippen LogP contribution in [0.2, 0.25) is 0 Å². The van der Waals surface area contributed by atoms with E-state index in [1.165, 1.54) is 12.1 Å². The number of aryl methyl sites for hydroxylation is 1. The van der Waals surface area contributed by atoms with Gasteiger partial charge in [0.15, 0.2) is 17.4 Å². The average Bonchev–Trinajstić information content (AvgIpc) is 2.43. The summed E-state index contributed by atoms with van der Waals surface area (Å²) >= 11 is 0. The fraction of sp³-hybridized carbons (Fsp3) is 0.0667. The Labute approximate surface area is 118 Å². The lowest BCUT2D eigenvalue weighted by molar-refractivity contribution is 0.0693. The third-order valence-electron chi connectivity index (χ3n) is 2.77. The summed E-state index contributed by atoms with van der Waals surface area (Å²) in [7, 11) is 0. The second kappa shape index (κ2) is 5.59. The van der Waals surface area contributed by atoms with Gasteiger partial charge in [0.25, 0.3) is 0 Å². The molecule has 0 fully saturated rings. The molecule has 106 valence electrons. The van der Waals surface area contributed by atoms with E-state index in [1.807, 2.05) is 0 Å². The van der Waals surface area contributed by atoms with Gasteiger partial charge in [-0.05, 0) is 30.7 Å². The van der Waals surface area contributed by atoms with Crippen molar-refractivity contribution in [3.05, 3.63) is 58.7 Å². The van der Waals surface area contributed by atoms with Crippen molar-refractivity contribution in [3.63, 3.8) is 0 Å². The summed E-state index contributed by atoms with van der Waals surface area (Å²) in [6, 6.07) is 7.57. The van der Waals surface area contributed by atoms with Crippen LogP contribution in [0.15, 0.2) is 30.3 Å². The molecule has 2 aromatic rings. The Bertz CT molecular complexity index is 743. The van der Waals surface area contributed by atoms with Gasteiger partial charge in [0.2, 0.25) is 0 Å². The largest absolute Gasteiger partial charge is 0.478 e. The van der Waals surface area contributed by atoms with E-state index in [9.17, 15) is 13.6 Å². The summed E-state index contributed by atoms with van der Waals surface area (Å²) in [6.45, 7) is 1.56. The Balaban J connectivity index is 2.54. The zero-order valence-electron chi connectivity index (χ0n) is 10.9. The third kappa shape index (κ3) is 2.82. The van der Waals surface area contributed by atoms with Crippen molar-refractivity contribution >= 4 is 5.97 Å². The Morgan fingerprint density at radius 3 is 2.38 bits per heavy atom. The van der Waals surface area contributed by atoms with Crippen LogP contribution in [0.3, 0.4) is 0 Å². The van der Waals surface area contributed by atoms with Crippen LogP contribution in [-0.4, -0.2) is 11.1 Å². The number of hydrogen-bond donors (Lipinski definition) is 1. The molecule has 0 saturated carbocycles. The molecule has 2 aromatic carbocycles. The summed E-state index contributed by atoms with van der Waals surface area (Å²) in [5.74, 6) is -4.32. The number of para-hydroxylation sites is 1. The molecular weight excluding hydrogens is 280 g/mol. The highest BCUT2D eigenvalue weighted by Crippen LogP contribution is 2.33. The van der Waals surface area contributed by atoms with E-state index >= 15 is 0 Å². The molecule has 0 heterocycles. The third-order valence-corrected chi connectivity index (χ3v) is 2.77. The van der Waals surface area contributed by atoms with Crippen LogP contribution in [0.5, 0.6) is 11.5 Å². The van der Waals surface area contributed by atoms with Gasteiger partial charge in [0, 0.05) is 0 Å². The predicted molar refractivity (Wildman–Crippen MR) is 69.3 cm³/mol. The fourth-order valence-electron chi connectivity index (χ4n) is 1.78. The monoisotopic (exact) mass is 289 g/mol. The minimum absolute atomic E-state index is 0.146. The Kier molecular flexibility index (Phi) is 3.85. The first-order chi connectivity index (χ1) is 9.93. The number of aromatic carboxylic acids is 1. The Morgan fingerprint density at radius 2 is 1.86 bits per heavy atom. The first kappa shape index (κ1) is 14.5. The number of hydrogen-bond acceptors (Lipinski definition) is 3. The van der Waals surface area contributed by atoms with Crippen LogP contribution >= 0.6 is 0 Å². The van der Waals surface area contributed by atoms with Crippen molar-refractivity contribution in [3.8, 4) is 17.6 Å². The molecule has 0 saturated heterocycles. The standard InChI is InChI=1S/C15H9F2NO3/c1-8-3-2-4-10(15(19)20)13(8)21-14-11(16)5-9(7-18)6-12(14)17/h2-6H,1H3,(H,19,20). The molecule has 0 aliphatic carbocycles. The van der Waals surface area contributed by atoms with E-state index in [-0.39, 0.29) is 16.9 Å². The van der Waals surface area contributed by atoms with Gasteiger partial charge < -0.3 is 9.84 Å². The van der Waals surface area contributed by atoms with Crippen molar-refractivity contribution in [2.45, 2.75) is 6.92 Å². The molecule has 0 aromatic heterocycles. The lowest BCUT2D eigenvalue weighted by Gasteiger charge is -2.13. The van der Waals surface area contributed by atoms with Crippen LogP contribution in [0.4, 0.5) is 8.78 Å². The highest BCUT2D eigenvalue weighted by Gasteiger charge is 2.19. The number of nitriles is 1. The number of ether oxygens (including phenoxy) is 1. The maximum absolute atomic E-state index is 13.8. The molecule has 0 atom stereocenters. The van der Waals surface area contributed by atoms with Crippen molar-refractivity contribution in [1.29, 1.82) is 5.26 Å². The molecular formula is C15H9F2NO3. The molecule has 21 heavy (non-hydrogen) atoms. The van der Waals surface area contributed by atoms with Crippen LogP contribution in [-0.2, 0) is 0 Å². The summed E-state index contributed by atoms with van der Waals surface area (Å²) in [5.41, 5.74) is 0.0109. The molecule has 0 amide bonds. The molecule has 0 aliphatic rings. The van der Waals surface area contributed by atoms with Crippen molar-refractivity contribution in [2.75, 3.05) is 0 Å². The van der Waals surface area contributed by atoms with Gasteiger partial charge in [-0.2, -0.15) is 5.26 Å². The number of rotatable bonds is 3. The van der Waals surface area contributed by atoms with E-state index in [1.54, 1.807) is 19.1 Å². The molecule has 0 radical (unpaired) electrons. The lowest BCUT2D eigenvalue weighted by atomic mass is 10.1. The summed E-state index contributed by atoms with van der Waals surface area (Å²) < 4.78 is 32.7. The highest BCUT2D eigenvalue weighted by atomic mass is 19.1. The minimum atomic E-state index is -1.27. The summed E-state index contributed by atoms with van der Waals surface area (Å²) in [5, 5.41) is 17.7. The van der Waals surface area contributed by atoms with Crippen molar-refractivity contribution in [2.24, 2.45) is 0 Å². The van der Waals surface area contributed by atoms with Crippen molar-refractivity contribution < 1.29 is 23.4 Å². The van der Waals surface area contributed by atoms with Crippen LogP contribution in [0.25, 0.3) is 0 Å². The zero-order valence-corrected chi connectivity index (χ0v) is 10.9. The molecule has 0 aliphatic heterocycles. The van der Waals surface area contributed by atoms with E-state index in [2.05, 4.69) is 0 Å². The van der Waals surface area contributed by atoms with Gasteiger partial charge in [-0.25, -0.2) is 13.6 Å². The molecule has 4 nitrogen and oxygen atoms in total. The van der Waals surface area contributed by atoms with Gasteiger partial charge in [0.1, 0.15) is 11.3 Å². The second-order valence-corrected chi connectivity index (χ2v) is 4.24. The molecule has 0 bridgehead atoms. The lowest BCUT2D eigenvalue weighted by Crippen LogP contribution is -2.03. The Morgan fingerprint density at radius 1 is 1.24 bits per heavy atom. The van der Waals surface area contributed by atoms with E-state index in [0.29, 0.717) is 5.56 Å². The number of nitrogens with zero attached hydrogens (tertiary/aromatic N) is 1. The number of carbonyl (C=O) groups is 1. The maximum atomic E-state index is 13.8. The first-order valence-corrected chi connectivity index (χ1v) is 5.84. The topological polar surface area (TPSA) is 70.3 Å². The molecule has 0 unspecified atom stereocenters. The van der Waals surface area contributed by atoms with Crippen LogP contribution in [0, 0.1) is 29.9 Å². The average molecular weight is 289 g/mol. The fourth-order valence-corrected chi connectivity index (χ4v) is 1.78. The van der Waals surface area contributed by atoms with Gasteiger partial charge in [0.05, 0.1) is 11.6 Å².